The standard InChI is InChI=1S/C19H28O5S.C6H15N/c1-18-9-7-13(20)11-12(18)3-4-14-15-5-6-17(24-25(21,22)23)19(15,2)10-8-16(14)18;1-4-7(5-2)6-3/h11,14-17H,3-10H2,1-2H3,(H,21,22,23);4-6H2,1-3H3. The van der Waals surface area contributed by atoms with Crippen molar-refractivity contribution in [1.82, 2.24) is 4.90 Å². The lowest BCUT2D eigenvalue weighted by Crippen LogP contribution is -2.51. The molecular weight excluding hydrogens is 426 g/mol. The first-order valence-electron chi connectivity index (χ1n) is 12.6. The Labute approximate surface area is 195 Å². The Balaban J connectivity index is 0.000000360. The maximum absolute atomic E-state index is 11.9. The third kappa shape index (κ3) is 5.01. The predicted octanol–water partition coefficient (Wildman–Crippen LogP) is 5.05. The third-order valence-corrected chi connectivity index (χ3v) is 9.93. The van der Waals surface area contributed by atoms with Crippen molar-refractivity contribution in [3.63, 3.8) is 0 Å². The summed E-state index contributed by atoms with van der Waals surface area (Å²) in [6, 6.07) is 0. The molecule has 6 unspecified atom stereocenters. The van der Waals surface area contributed by atoms with E-state index in [2.05, 4.69) is 39.5 Å². The van der Waals surface area contributed by atoms with Crippen LogP contribution in [0.2, 0.25) is 0 Å². The minimum Gasteiger partial charge on any atom is -0.304 e. The highest BCUT2D eigenvalue weighted by Crippen LogP contribution is 2.65. The monoisotopic (exact) mass is 469 g/mol. The number of rotatable bonds is 5. The molecule has 0 aliphatic heterocycles. The van der Waals surface area contributed by atoms with Crippen LogP contribution in [0, 0.1) is 28.6 Å². The molecule has 0 amide bonds. The van der Waals surface area contributed by atoms with Gasteiger partial charge in [-0.15, -0.1) is 0 Å². The number of allylic oxidation sites excluding steroid dienone is 1. The van der Waals surface area contributed by atoms with E-state index in [1.165, 1.54) is 25.2 Å². The zero-order chi connectivity index (χ0) is 23.7. The lowest BCUT2D eigenvalue weighted by atomic mass is 9.47. The van der Waals surface area contributed by atoms with E-state index in [1.807, 2.05) is 6.08 Å². The lowest BCUT2D eigenvalue weighted by Gasteiger charge is -2.57. The number of hydrogen-bond donors (Lipinski definition) is 1. The molecule has 4 rings (SSSR count). The number of carbonyl (C=O) groups is 1. The zero-order valence-corrected chi connectivity index (χ0v) is 21.4. The van der Waals surface area contributed by atoms with Crippen molar-refractivity contribution in [2.45, 2.75) is 92.1 Å². The van der Waals surface area contributed by atoms with Crippen LogP contribution in [0.25, 0.3) is 0 Å². The summed E-state index contributed by atoms with van der Waals surface area (Å²) in [4.78, 5) is 14.2. The fourth-order valence-electron chi connectivity index (χ4n) is 7.49. The molecule has 1 N–H and O–H groups in total. The van der Waals surface area contributed by atoms with Crippen molar-refractivity contribution in [1.29, 1.82) is 0 Å². The van der Waals surface area contributed by atoms with Crippen molar-refractivity contribution in [3.05, 3.63) is 11.6 Å². The van der Waals surface area contributed by atoms with Gasteiger partial charge in [-0.3, -0.25) is 9.35 Å². The van der Waals surface area contributed by atoms with Crippen molar-refractivity contribution < 1.29 is 21.9 Å². The van der Waals surface area contributed by atoms with Gasteiger partial charge in [-0.05, 0) is 99.2 Å². The maximum atomic E-state index is 11.9. The van der Waals surface area contributed by atoms with E-state index in [4.69, 9.17) is 8.74 Å². The number of fused-ring (bicyclic) bond motifs is 5. The molecule has 0 saturated heterocycles. The smallest absolute Gasteiger partial charge is 0.304 e. The highest BCUT2D eigenvalue weighted by Gasteiger charge is 2.60. The molecule has 6 atom stereocenters. The Kier molecular flexibility index (Phi) is 7.96. The average Bonchev–Trinajstić information content (AvgIpc) is 3.05. The van der Waals surface area contributed by atoms with E-state index < -0.39 is 16.5 Å². The molecule has 0 aromatic heterocycles. The Bertz CT molecular complexity index is 815. The van der Waals surface area contributed by atoms with Gasteiger partial charge in [0, 0.05) is 6.42 Å². The first kappa shape index (κ1) is 25.9. The van der Waals surface area contributed by atoms with Gasteiger partial charge >= 0.3 is 10.4 Å². The summed E-state index contributed by atoms with van der Waals surface area (Å²) in [6.07, 6.45) is 8.80. The molecule has 0 radical (unpaired) electrons. The van der Waals surface area contributed by atoms with Crippen molar-refractivity contribution >= 4 is 16.2 Å². The molecule has 0 aromatic carbocycles. The molecule has 4 aliphatic carbocycles. The van der Waals surface area contributed by atoms with Crippen molar-refractivity contribution in [2.75, 3.05) is 19.6 Å². The van der Waals surface area contributed by atoms with Crippen LogP contribution >= 0.6 is 0 Å². The van der Waals surface area contributed by atoms with E-state index in [-0.39, 0.29) is 16.6 Å². The molecule has 6 nitrogen and oxygen atoms in total. The Morgan fingerprint density at radius 3 is 2.22 bits per heavy atom. The SMILES string of the molecule is CC12CCC(=O)C=C1CCC1C2CCC2(C)C(OS(=O)(=O)O)CCC12.CCN(CC)CC. The van der Waals surface area contributed by atoms with E-state index in [0.29, 0.717) is 30.6 Å². The minimum absolute atomic E-state index is 0.125. The number of carbonyl (C=O) groups excluding carboxylic acids is 1. The van der Waals surface area contributed by atoms with Gasteiger partial charge in [0.25, 0.3) is 0 Å². The van der Waals surface area contributed by atoms with Gasteiger partial charge in [0.05, 0.1) is 6.10 Å². The number of nitrogens with zero attached hydrogens (tertiary/aromatic N) is 1. The molecule has 32 heavy (non-hydrogen) atoms. The molecule has 4 aliphatic rings. The number of ketones is 1. The maximum Gasteiger partial charge on any atom is 0.397 e. The largest absolute Gasteiger partial charge is 0.397 e. The van der Waals surface area contributed by atoms with Crippen LogP contribution in [0.15, 0.2) is 11.6 Å². The molecule has 0 bridgehead atoms. The normalized spacial score (nSPS) is 38.8. The summed E-state index contributed by atoms with van der Waals surface area (Å²) in [5.41, 5.74) is 1.29. The minimum atomic E-state index is -4.41. The zero-order valence-electron chi connectivity index (χ0n) is 20.6. The highest BCUT2D eigenvalue weighted by molar-refractivity contribution is 7.80. The fraction of sp³-hybridized carbons (Fsp3) is 0.880. The van der Waals surface area contributed by atoms with Gasteiger partial charge in [0.15, 0.2) is 5.78 Å². The second-order valence-corrected chi connectivity index (χ2v) is 11.8. The highest BCUT2D eigenvalue weighted by atomic mass is 32.3. The summed E-state index contributed by atoms with van der Waals surface area (Å²) in [5.74, 6) is 1.84. The van der Waals surface area contributed by atoms with Gasteiger partial charge in [-0.2, -0.15) is 8.42 Å². The molecule has 184 valence electrons. The van der Waals surface area contributed by atoms with Gasteiger partial charge in [0.2, 0.25) is 0 Å². The van der Waals surface area contributed by atoms with E-state index in [1.54, 1.807) is 0 Å². The topological polar surface area (TPSA) is 83.9 Å². The lowest BCUT2D eigenvalue weighted by molar-refractivity contribution is -0.117. The molecule has 0 spiro atoms. The van der Waals surface area contributed by atoms with Crippen LogP contribution in [-0.2, 0) is 19.4 Å². The third-order valence-electron chi connectivity index (χ3n) is 9.45. The molecule has 0 heterocycles. The van der Waals surface area contributed by atoms with Gasteiger partial charge in [-0.25, -0.2) is 4.18 Å². The molecule has 7 heteroatoms. The van der Waals surface area contributed by atoms with Crippen LogP contribution in [0.3, 0.4) is 0 Å². The van der Waals surface area contributed by atoms with Crippen LogP contribution in [0.4, 0.5) is 0 Å². The van der Waals surface area contributed by atoms with Gasteiger partial charge in [-0.1, -0.05) is 40.2 Å². The Morgan fingerprint density at radius 1 is 1.00 bits per heavy atom. The van der Waals surface area contributed by atoms with E-state index in [9.17, 15) is 13.2 Å². The summed E-state index contributed by atoms with van der Waals surface area (Å²) in [5, 5.41) is 0. The first-order valence-corrected chi connectivity index (χ1v) is 14.0. The van der Waals surface area contributed by atoms with Gasteiger partial charge in [0.1, 0.15) is 0 Å². The predicted molar refractivity (Wildman–Crippen MR) is 127 cm³/mol. The van der Waals surface area contributed by atoms with E-state index >= 15 is 0 Å². The molecular formula is C25H43NO5S. The van der Waals surface area contributed by atoms with Crippen molar-refractivity contribution in [3.8, 4) is 0 Å². The quantitative estimate of drug-likeness (QED) is 0.567. The summed E-state index contributed by atoms with van der Waals surface area (Å²) < 4.78 is 36.7. The van der Waals surface area contributed by atoms with Crippen LogP contribution in [-0.4, -0.2) is 49.4 Å². The fourth-order valence-corrected chi connectivity index (χ4v) is 8.10. The van der Waals surface area contributed by atoms with Crippen molar-refractivity contribution in [2.24, 2.45) is 28.6 Å². The number of hydrogen-bond acceptors (Lipinski definition) is 5. The molecule has 0 aromatic rings. The summed E-state index contributed by atoms with van der Waals surface area (Å²) in [7, 11) is -4.41. The average molecular weight is 470 g/mol. The Morgan fingerprint density at radius 2 is 1.66 bits per heavy atom. The summed E-state index contributed by atoms with van der Waals surface area (Å²) >= 11 is 0. The van der Waals surface area contributed by atoms with Crippen LogP contribution in [0.5, 0.6) is 0 Å². The second kappa shape index (κ2) is 9.85. The second-order valence-electron chi connectivity index (χ2n) is 10.7. The van der Waals surface area contributed by atoms with Crippen LogP contribution in [0.1, 0.15) is 86.0 Å². The van der Waals surface area contributed by atoms with E-state index in [0.717, 1.165) is 38.5 Å². The molecule has 3 fully saturated rings. The van der Waals surface area contributed by atoms with Crippen LogP contribution < -0.4 is 0 Å². The first-order chi connectivity index (χ1) is 15.0. The molecule has 3 saturated carbocycles. The van der Waals surface area contributed by atoms with Gasteiger partial charge < -0.3 is 4.90 Å². The Hall–Kier alpha value is -0.760. The summed E-state index contributed by atoms with van der Waals surface area (Å²) in [6.45, 7) is 14.6.